The van der Waals surface area contributed by atoms with Crippen LogP contribution in [0.4, 0.5) is 5.69 Å². The van der Waals surface area contributed by atoms with Crippen LogP contribution in [0.3, 0.4) is 0 Å². The summed E-state index contributed by atoms with van der Waals surface area (Å²) in [6.45, 7) is 12.0. The average Bonchev–Trinajstić information content (AvgIpc) is 2.74. The van der Waals surface area contributed by atoms with E-state index < -0.39 is 0 Å². The molecule has 0 radical (unpaired) electrons. The molecule has 0 bridgehead atoms. The molecule has 1 aliphatic heterocycles. The quantitative estimate of drug-likeness (QED) is 0.469. The molecule has 0 fully saturated rings. The number of hydrogen-bond acceptors (Lipinski definition) is 5. The van der Waals surface area contributed by atoms with E-state index in [4.69, 9.17) is 10.5 Å². The fraction of sp³-hybridized carbons (Fsp3) is 0.269. The Hall–Kier alpha value is -3.67. The first-order valence-electron chi connectivity index (χ1n) is 10.8. The first-order chi connectivity index (χ1) is 15.3. The summed E-state index contributed by atoms with van der Waals surface area (Å²) in [5, 5.41) is 6.17. The van der Waals surface area contributed by atoms with Crippen molar-refractivity contribution < 1.29 is 4.74 Å². The van der Waals surface area contributed by atoms with E-state index in [1.807, 2.05) is 76.2 Å². The number of aryl methyl sites for hydroxylation is 4. The number of nitrogens with two attached hydrogens (primary N) is 1. The third kappa shape index (κ3) is 5.32. The summed E-state index contributed by atoms with van der Waals surface area (Å²) in [5.41, 5.74) is 12.8. The molecule has 6 nitrogen and oxygen atoms in total. The summed E-state index contributed by atoms with van der Waals surface area (Å²) in [5.74, 6) is 1.92. The zero-order valence-corrected chi connectivity index (χ0v) is 19.7. The van der Waals surface area contributed by atoms with Crippen LogP contribution >= 0.6 is 0 Å². The maximum Gasteiger partial charge on any atom is 0.150 e. The highest BCUT2D eigenvalue weighted by Crippen LogP contribution is 2.28. The topological polar surface area (TPSA) is 76.1 Å². The largest absolute Gasteiger partial charge is 0.457 e. The molecule has 1 aromatic heterocycles. The Kier molecular flexibility index (Phi) is 7.25. The highest BCUT2D eigenvalue weighted by molar-refractivity contribution is 5.98. The standard InChI is InChI=1S/C26H31N5O/c1-7-9-22-16-23(12-13-31(22)28-8-2)32-24-11-10-21(15-18(24)4)30-26(27)25-19(5)14-17(3)20(6)29-25/h8-16H,7H2,1-6H3,(H2,27,30)/b22-9+,28-8-. The van der Waals surface area contributed by atoms with E-state index in [0.717, 1.165) is 57.4 Å². The van der Waals surface area contributed by atoms with Crippen molar-refractivity contribution in [1.29, 1.82) is 0 Å². The number of rotatable bonds is 6. The predicted molar refractivity (Wildman–Crippen MR) is 132 cm³/mol. The van der Waals surface area contributed by atoms with Crippen molar-refractivity contribution >= 4 is 17.7 Å². The number of hydrogen-bond donors (Lipinski definition) is 1. The number of pyridine rings is 1. The molecule has 2 N–H and O–H groups in total. The number of nitrogens with zero attached hydrogens (tertiary/aromatic N) is 4. The molecule has 1 aliphatic rings. The minimum Gasteiger partial charge on any atom is -0.457 e. The normalized spacial score (nSPS) is 15.6. The van der Waals surface area contributed by atoms with Crippen LogP contribution in [0.1, 0.15) is 48.3 Å². The predicted octanol–water partition coefficient (Wildman–Crippen LogP) is 5.74. The van der Waals surface area contributed by atoms with Crippen molar-refractivity contribution in [3.63, 3.8) is 0 Å². The van der Waals surface area contributed by atoms with Crippen molar-refractivity contribution in [1.82, 2.24) is 9.99 Å². The van der Waals surface area contributed by atoms with Gasteiger partial charge < -0.3 is 10.5 Å². The molecule has 0 aliphatic carbocycles. The van der Waals surface area contributed by atoms with Crippen LogP contribution in [-0.4, -0.2) is 22.0 Å². The third-order valence-electron chi connectivity index (χ3n) is 5.12. The summed E-state index contributed by atoms with van der Waals surface area (Å²) >= 11 is 0. The molecule has 0 spiro atoms. The fourth-order valence-electron chi connectivity index (χ4n) is 3.38. The van der Waals surface area contributed by atoms with E-state index in [1.54, 1.807) is 6.21 Å². The highest BCUT2D eigenvalue weighted by Gasteiger charge is 2.12. The second-order valence-corrected chi connectivity index (χ2v) is 7.72. The van der Waals surface area contributed by atoms with Gasteiger partial charge in [-0.2, -0.15) is 5.10 Å². The van der Waals surface area contributed by atoms with Crippen molar-refractivity contribution in [3.05, 3.63) is 88.2 Å². The first-order valence-corrected chi connectivity index (χ1v) is 10.8. The maximum absolute atomic E-state index is 6.28. The van der Waals surface area contributed by atoms with Crippen LogP contribution in [0.15, 0.2) is 70.2 Å². The number of hydrazone groups is 1. The van der Waals surface area contributed by atoms with Gasteiger partial charge in [-0.05, 0) is 82.0 Å². The lowest BCUT2D eigenvalue weighted by atomic mass is 10.1. The Bertz CT molecular complexity index is 1160. The molecule has 6 heteroatoms. The molecule has 0 atom stereocenters. The summed E-state index contributed by atoms with van der Waals surface area (Å²) in [4.78, 5) is 9.20. The Morgan fingerprint density at radius 1 is 1.12 bits per heavy atom. The Morgan fingerprint density at radius 3 is 2.59 bits per heavy atom. The zero-order chi connectivity index (χ0) is 23.3. The Morgan fingerprint density at radius 2 is 1.91 bits per heavy atom. The van der Waals surface area contributed by atoms with Crippen molar-refractivity contribution in [2.45, 2.75) is 48.0 Å². The first kappa shape index (κ1) is 23.0. The van der Waals surface area contributed by atoms with Gasteiger partial charge in [-0.25, -0.2) is 15.0 Å². The second kappa shape index (κ2) is 10.1. The molecule has 0 unspecified atom stereocenters. The van der Waals surface area contributed by atoms with E-state index in [2.05, 4.69) is 34.1 Å². The van der Waals surface area contributed by atoms with E-state index in [1.165, 1.54) is 0 Å². The highest BCUT2D eigenvalue weighted by atomic mass is 16.5. The van der Waals surface area contributed by atoms with Crippen LogP contribution < -0.4 is 10.5 Å². The van der Waals surface area contributed by atoms with Gasteiger partial charge in [-0.1, -0.05) is 19.1 Å². The number of aromatic nitrogens is 1. The van der Waals surface area contributed by atoms with Crippen LogP contribution in [0.25, 0.3) is 0 Å². The van der Waals surface area contributed by atoms with Gasteiger partial charge in [0.05, 0.1) is 11.4 Å². The molecule has 2 aromatic rings. The molecule has 0 amide bonds. The van der Waals surface area contributed by atoms with Crippen LogP contribution in [0, 0.1) is 27.7 Å². The molecule has 2 heterocycles. The van der Waals surface area contributed by atoms with Crippen LogP contribution in [-0.2, 0) is 0 Å². The monoisotopic (exact) mass is 429 g/mol. The lowest BCUT2D eigenvalue weighted by Gasteiger charge is -2.21. The van der Waals surface area contributed by atoms with Crippen molar-refractivity contribution in [2.24, 2.45) is 15.8 Å². The SMILES string of the molecule is C/C=N\N1C=CC(Oc2ccc(N=C(N)c3nc(C)c(C)cc3C)cc2C)=C/C1=C\CC. The zero-order valence-electron chi connectivity index (χ0n) is 19.7. The Labute approximate surface area is 190 Å². The molecular formula is C26H31N5O. The van der Waals surface area contributed by atoms with Gasteiger partial charge in [0.15, 0.2) is 0 Å². The number of aliphatic imine (C=N–C) groups is 1. The number of allylic oxidation sites excluding steroid dienone is 3. The summed E-state index contributed by atoms with van der Waals surface area (Å²) in [7, 11) is 0. The molecule has 32 heavy (non-hydrogen) atoms. The number of benzene rings is 1. The van der Waals surface area contributed by atoms with Gasteiger partial charge in [0.2, 0.25) is 0 Å². The lowest BCUT2D eigenvalue weighted by Crippen LogP contribution is -2.17. The van der Waals surface area contributed by atoms with Gasteiger partial charge >= 0.3 is 0 Å². The van der Waals surface area contributed by atoms with E-state index in [-0.39, 0.29) is 0 Å². The van der Waals surface area contributed by atoms with Crippen molar-refractivity contribution in [2.75, 3.05) is 0 Å². The second-order valence-electron chi connectivity index (χ2n) is 7.72. The van der Waals surface area contributed by atoms with Gasteiger partial charge in [0, 0.05) is 24.2 Å². The maximum atomic E-state index is 6.28. The van der Waals surface area contributed by atoms with Gasteiger partial charge in [0.1, 0.15) is 23.0 Å². The summed E-state index contributed by atoms with van der Waals surface area (Å²) in [6, 6.07) is 7.86. The number of amidine groups is 1. The molecular weight excluding hydrogens is 398 g/mol. The lowest BCUT2D eigenvalue weighted by molar-refractivity contribution is 0.420. The van der Waals surface area contributed by atoms with Gasteiger partial charge in [-0.15, -0.1) is 0 Å². The van der Waals surface area contributed by atoms with Crippen LogP contribution in [0.5, 0.6) is 5.75 Å². The van der Waals surface area contributed by atoms with E-state index >= 15 is 0 Å². The summed E-state index contributed by atoms with van der Waals surface area (Å²) < 4.78 is 6.14. The molecule has 166 valence electrons. The third-order valence-corrected chi connectivity index (χ3v) is 5.12. The van der Waals surface area contributed by atoms with Gasteiger partial charge in [0.25, 0.3) is 0 Å². The fourth-order valence-corrected chi connectivity index (χ4v) is 3.38. The van der Waals surface area contributed by atoms with E-state index in [0.29, 0.717) is 5.84 Å². The minimum atomic E-state index is 0.405. The molecule has 3 rings (SSSR count). The molecule has 0 saturated carbocycles. The average molecular weight is 430 g/mol. The Balaban J connectivity index is 1.82. The molecule has 0 saturated heterocycles. The smallest absolute Gasteiger partial charge is 0.150 e. The molecule has 1 aromatic carbocycles. The minimum absolute atomic E-state index is 0.405. The van der Waals surface area contributed by atoms with E-state index in [9.17, 15) is 0 Å². The van der Waals surface area contributed by atoms with Crippen LogP contribution in [0.2, 0.25) is 0 Å². The van der Waals surface area contributed by atoms with Crippen molar-refractivity contribution in [3.8, 4) is 5.75 Å². The van der Waals surface area contributed by atoms with Gasteiger partial charge in [-0.3, -0.25) is 0 Å². The number of ether oxygens (including phenoxy) is 1. The summed E-state index contributed by atoms with van der Waals surface area (Å²) in [6.07, 6.45) is 10.6.